The molecule has 2 rings (SSSR count). The molecule has 1 aliphatic carbocycles. The fourth-order valence-corrected chi connectivity index (χ4v) is 1.92. The van der Waals surface area contributed by atoms with Crippen LogP contribution in [0, 0.1) is 6.92 Å². The van der Waals surface area contributed by atoms with E-state index >= 15 is 0 Å². The third kappa shape index (κ3) is 2.72. The molecule has 0 atom stereocenters. The molecular formula is C13H19NO. The van der Waals surface area contributed by atoms with Gasteiger partial charge in [0.25, 0.3) is 0 Å². The molecule has 1 aromatic rings. The molecule has 0 amide bonds. The molecule has 0 heterocycles. The van der Waals surface area contributed by atoms with Crippen molar-refractivity contribution in [1.29, 1.82) is 0 Å². The van der Waals surface area contributed by atoms with Crippen molar-refractivity contribution in [3.8, 4) is 5.75 Å². The Labute approximate surface area is 91.6 Å². The normalized spacial score (nSPS) is 16.1. The Morgan fingerprint density at radius 2 is 2.13 bits per heavy atom. The van der Waals surface area contributed by atoms with Crippen molar-refractivity contribution < 1.29 is 4.74 Å². The lowest BCUT2D eigenvalue weighted by atomic mass is 9.93. The molecule has 0 spiro atoms. The van der Waals surface area contributed by atoms with E-state index in [1.165, 1.54) is 30.4 Å². The van der Waals surface area contributed by atoms with Crippen molar-refractivity contribution >= 4 is 0 Å². The Kier molecular flexibility index (Phi) is 3.27. The molecule has 1 saturated carbocycles. The average molecular weight is 205 g/mol. The molecular weight excluding hydrogens is 186 g/mol. The second-order valence-electron chi connectivity index (χ2n) is 4.37. The maximum absolute atomic E-state index is 5.26. The topological polar surface area (TPSA) is 21.3 Å². The summed E-state index contributed by atoms with van der Waals surface area (Å²) < 4.78 is 5.26. The van der Waals surface area contributed by atoms with Gasteiger partial charge >= 0.3 is 0 Å². The minimum Gasteiger partial charge on any atom is -0.497 e. The van der Waals surface area contributed by atoms with Gasteiger partial charge in [0.15, 0.2) is 0 Å². The fourth-order valence-electron chi connectivity index (χ4n) is 1.92. The molecule has 1 aromatic carbocycles. The van der Waals surface area contributed by atoms with Crippen LogP contribution >= 0.6 is 0 Å². The van der Waals surface area contributed by atoms with E-state index in [0.29, 0.717) is 0 Å². The molecule has 0 unspecified atom stereocenters. The Hall–Kier alpha value is -1.02. The van der Waals surface area contributed by atoms with Crippen molar-refractivity contribution in [2.24, 2.45) is 0 Å². The summed E-state index contributed by atoms with van der Waals surface area (Å²) in [7, 11) is 1.72. The van der Waals surface area contributed by atoms with Gasteiger partial charge < -0.3 is 10.1 Å². The number of rotatable bonds is 4. The molecule has 0 aliphatic heterocycles. The van der Waals surface area contributed by atoms with E-state index in [2.05, 4.69) is 30.4 Å². The molecule has 0 radical (unpaired) electrons. The zero-order valence-electron chi connectivity index (χ0n) is 9.55. The maximum Gasteiger partial charge on any atom is 0.119 e. The largest absolute Gasteiger partial charge is 0.497 e. The van der Waals surface area contributed by atoms with Crippen molar-refractivity contribution in [2.45, 2.75) is 38.8 Å². The van der Waals surface area contributed by atoms with Gasteiger partial charge in [-0.15, -0.1) is 0 Å². The van der Waals surface area contributed by atoms with Gasteiger partial charge in [-0.3, -0.25) is 0 Å². The Morgan fingerprint density at radius 1 is 1.33 bits per heavy atom. The third-order valence-corrected chi connectivity index (χ3v) is 3.05. The maximum atomic E-state index is 5.26. The van der Waals surface area contributed by atoms with E-state index in [1.807, 2.05) is 0 Å². The van der Waals surface area contributed by atoms with Crippen molar-refractivity contribution in [3.63, 3.8) is 0 Å². The van der Waals surface area contributed by atoms with Crippen LogP contribution in [0.1, 0.15) is 30.4 Å². The number of methoxy groups -OCH3 is 1. The van der Waals surface area contributed by atoms with E-state index in [4.69, 9.17) is 4.74 Å². The monoisotopic (exact) mass is 205 g/mol. The molecule has 2 heteroatoms. The van der Waals surface area contributed by atoms with Gasteiger partial charge in [0.05, 0.1) is 7.11 Å². The molecule has 0 bridgehead atoms. The second kappa shape index (κ2) is 4.67. The van der Waals surface area contributed by atoms with Crippen LogP contribution in [-0.2, 0) is 6.54 Å². The van der Waals surface area contributed by atoms with Crippen LogP contribution in [0.4, 0.5) is 0 Å². The second-order valence-corrected chi connectivity index (χ2v) is 4.37. The van der Waals surface area contributed by atoms with E-state index in [0.717, 1.165) is 18.3 Å². The first kappa shape index (κ1) is 10.5. The van der Waals surface area contributed by atoms with Gasteiger partial charge in [-0.25, -0.2) is 0 Å². The minimum atomic E-state index is 0.747. The first-order chi connectivity index (χ1) is 7.28. The zero-order valence-corrected chi connectivity index (χ0v) is 9.55. The Balaban J connectivity index is 1.96. The fraction of sp³-hybridized carbons (Fsp3) is 0.538. The summed E-state index contributed by atoms with van der Waals surface area (Å²) in [6.45, 7) is 3.07. The lowest BCUT2D eigenvalue weighted by molar-refractivity contribution is 0.338. The summed E-state index contributed by atoms with van der Waals surface area (Å²) in [6.07, 6.45) is 4.06. The number of hydrogen-bond acceptors (Lipinski definition) is 2. The zero-order chi connectivity index (χ0) is 10.7. The Morgan fingerprint density at radius 3 is 2.73 bits per heavy atom. The highest BCUT2D eigenvalue weighted by Crippen LogP contribution is 2.20. The van der Waals surface area contributed by atoms with Crippen molar-refractivity contribution in [3.05, 3.63) is 29.3 Å². The van der Waals surface area contributed by atoms with Gasteiger partial charge in [0.2, 0.25) is 0 Å². The van der Waals surface area contributed by atoms with E-state index in [1.54, 1.807) is 7.11 Å². The van der Waals surface area contributed by atoms with Crippen LogP contribution in [0.25, 0.3) is 0 Å². The molecule has 1 N–H and O–H groups in total. The smallest absolute Gasteiger partial charge is 0.119 e. The van der Waals surface area contributed by atoms with E-state index in [9.17, 15) is 0 Å². The summed E-state index contributed by atoms with van der Waals surface area (Å²) in [5, 5.41) is 3.56. The number of nitrogens with one attached hydrogen (secondary N) is 1. The van der Waals surface area contributed by atoms with Crippen LogP contribution in [0.3, 0.4) is 0 Å². The van der Waals surface area contributed by atoms with Crippen LogP contribution in [0.5, 0.6) is 5.75 Å². The summed E-state index contributed by atoms with van der Waals surface area (Å²) in [5.41, 5.74) is 2.58. The van der Waals surface area contributed by atoms with Crippen LogP contribution in [0.15, 0.2) is 18.2 Å². The predicted octanol–water partition coefficient (Wildman–Crippen LogP) is 2.65. The molecule has 0 saturated heterocycles. The Bertz CT molecular complexity index is 331. The van der Waals surface area contributed by atoms with Gasteiger partial charge in [0.1, 0.15) is 5.75 Å². The van der Waals surface area contributed by atoms with Crippen LogP contribution < -0.4 is 10.1 Å². The molecule has 1 aliphatic rings. The predicted molar refractivity (Wildman–Crippen MR) is 62.2 cm³/mol. The molecule has 2 nitrogen and oxygen atoms in total. The minimum absolute atomic E-state index is 0.747. The molecule has 15 heavy (non-hydrogen) atoms. The van der Waals surface area contributed by atoms with Crippen molar-refractivity contribution in [1.82, 2.24) is 5.32 Å². The average Bonchev–Trinajstić information content (AvgIpc) is 2.14. The van der Waals surface area contributed by atoms with Gasteiger partial charge in [-0.1, -0.05) is 12.5 Å². The van der Waals surface area contributed by atoms with Gasteiger partial charge in [0, 0.05) is 12.6 Å². The van der Waals surface area contributed by atoms with Crippen molar-refractivity contribution in [2.75, 3.05) is 7.11 Å². The SMILES string of the molecule is COc1cc(C)cc(CNC2CCC2)c1. The number of aryl methyl sites for hydroxylation is 1. The number of benzene rings is 1. The lowest BCUT2D eigenvalue weighted by Gasteiger charge is -2.26. The molecule has 1 fully saturated rings. The van der Waals surface area contributed by atoms with Gasteiger partial charge in [-0.2, -0.15) is 0 Å². The first-order valence-corrected chi connectivity index (χ1v) is 5.66. The quantitative estimate of drug-likeness (QED) is 0.816. The molecule has 0 aromatic heterocycles. The molecule has 82 valence electrons. The standard InChI is InChI=1S/C13H19NO/c1-10-6-11(8-13(7-10)15-2)9-14-12-4-3-5-12/h6-8,12,14H,3-5,9H2,1-2H3. The lowest BCUT2D eigenvalue weighted by Crippen LogP contribution is -2.34. The summed E-state index contributed by atoms with van der Waals surface area (Å²) in [6, 6.07) is 7.14. The highest BCUT2D eigenvalue weighted by atomic mass is 16.5. The number of hydrogen-bond donors (Lipinski definition) is 1. The summed E-state index contributed by atoms with van der Waals surface area (Å²) in [4.78, 5) is 0. The van der Waals surface area contributed by atoms with E-state index < -0.39 is 0 Å². The number of ether oxygens (including phenoxy) is 1. The van der Waals surface area contributed by atoms with E-state index in [-0.39, 0.29) is 0 Å². The third-order valence-electron chi connectivity index (χ3n) is 3.05. The summed E-state index contributed by atoms with van der Waals surface area (Å²) in [5.74, 6) is 0.959. The van der Waals surface area contributed by atoms with Crippen LogP contribution in [0.2, 0.25) is 0 Å². The summed E-state index contributed by atoms with van der Waals surface area (Å²) >= 11 is 0. The first-order valence-electron chi connectivity index (χ1n) is 5.66. The van der Waals surface area contributed by atoms with Gasteiger partial charge in [-0.05, 0) is 43.0 Å². The highest BCUT2D eigenvalue weighted by molar-refractivity contribution is 5.33. The highest BCUT2D eigenvalue weighted by Gasteiger charge is 2.16. The van der Waals surface area contributed by atoms with Crippen LogP contribution in [-0.4, -0.2) is 13.2 Å².